The van der Waals surface area contributed by atoms with Gasteiger partial charge in [-0.05, 0) is 55.5 Å². The predicted octanol–water partition coefficient (Wildman–Crippen LogP) is 4.84. The number of aromatic nitrogens is 3. The highest BCUT2D eigenvalue weighted by molar-refractivity contribution is 6.08. The standard InChI is InChI=1S/C24H23FN4O2/c25-16-12-10-15(11-13-16)14-29-22(26)20(24(30)31-17-6-2-1-3-7-17)21-23(29)28-19-9-5-4-8-18(19)27-21/h4-5,8-13,17H,1-3,6-7,14,26H2. The van der Waals surface area contributed by atoms with Gasteiger partial charge in [-0.3, -0.25) is 0 Å². The smallest absolute Gasteiger partial charge is 0.344 e. The Morgan fingerprint density at radius 2 is 1.71 bits per heavy atom. The topological polar surface area (TPSA) is 83.0 Å². The van der Waals surface area contributed by atoms with E-state index < -0.39 is 5.97 Å². The Kier molecular flexibility index (Phi) is 5.02. The quantitative estimate of drug-likeness (QED) is 0.479. The molecule has 1 fully saturated rings. The number of rotatable bonds is 4. The second-order valence-corrected chi connectivity index (χ2v) is 8.02. The maximum atomic E-state index is 13.3. The fraction of sp³-hybridized carbons (Fsp3) is 0.292. The molecule has 2 aromatic heterocycles. The Labute approximate surface area is 178 Å². The largest absolute Gasteiger partial charge is 0.459 e. The zero-order valence-electron chi connectivity index (χ0n) is 17.1. The molecular formula is C24H23FN4O2. The van der Waals surface area contributed by atoms with Crippen LogP contribution in [0.15, 0.2) is 48.5 Å². The number of benzene rings is 2. The van der Waals surface area contributed by atoms with E-state index in [-0.39, 0.29) is 23.3 Å². The molecule has 0 spiro atoms. The van der Waals surface area contributed by atoms with E-state index in [0.29, 0.717) is 28.7 Å². The van der Waals surface area contributed by atoms with Crippen LogP contribution in [0.5, 0.6) is 0 Å². The van der Waals surface area contributed by atoms with Gasteiger partial charge in [0.15, 0.2) is 5.65 Å². The third-order valence-electron chi connectivity index (χ3n) is 5.88. The summed E-state index contributed by atoms with van der Waals surface area (Å²) in [6.45, 7) is 0.340. The third kappa shape index (κ3) is 3.71. The Morgan fingerprint density at radius 1 is 1.03 bits per heavy atom. The molecule has 2 aromatic carbocycles. The van der Waals surface area contributed by atoms with Crippen molar-refractivity contribution in [2.24, 2.45) is 0 Å². The molecule has 0 amide bonds. The minimum Gasteiger partial charge on any atom is -0.459 e. The van der Waals surface area contributed by atoms with E-state index >= 15 is 0 Å². The molecule has 2 heterocycles. The molecule has 0 unspecified atom stereocenters. The van der Waals surface area contributed by atoms with Crippen molar-refractivity contribution in [3.05, 3.63) is 65.5 Å². The number of ether oxygens (including phenoxy) is 1. The summed E-state index contributed by atoms with van der Waals surface area (Å²) in [5.74, 6) is -0.510. The number of hydrogen-bond donors (Lipinski definition) is 1. The van der Waals surface area contributed by atoms with Crippen LogP contribution in [0.3, 0.4) is 0 Å². The molecule has 0 aliphatic heterocycles. The first-order valence-corrected chi connectivity index (χ1v) is 10.6. The minimum absolute atomic E-state index is 0.0930. The summed E-state index contributed by atoms with van der Waals surface area (Å²) in [7, 11) is 0. The number of anilines is 1. The second-order valence-electron chi connectivity index (χ2n) is 8.02. The van der Waals surface area contributed by atoms with Crippen molar-refractivity contribution in [3.63, 3.8) is 0 Å². The molecular weight excluding hydrogens is 395 g/mol. The summed E-state index contributed by atoms with van der Waals surface area (Å²) in [6, 6.07) is 13.7. The number of halogens is 1. The average molecular weight is 418 g/mol. The van der Waals surface area contributed by atoms with Crippen molar-refractivity contribution in [1.82, 2.24) is 14.5 Å². The van der Waals surface area contributed by atoms with Gasteiger partial charge in [-0.25, -0.2) is 19.2 Å². The first-order chi connectivity index (χ1) is 15.1. The van der Waals surface area contributed by atoms with E-state index in [4.69, 9.17) is 20.4 Å². The van der Waals surface area contributed by atoms with Crippen LogP contribution in [0.2, 0.25) is 0 Å². The van der Waals surface area contributed by atoms with E-state index in [0.717, 1.165) is 31.2 Å². The number of nitrogens with zero attached hydrogens (tertiary/aromatic N) is 3. The van der Waals surface area contributed by atoms with Crippen LogP contribution < -0.4 is 5.73 Å². The number of esters is 1. The maximum absolute atomic E-state index is 13.3. The molecule has 0 radical (unpaired) electrons. The highest BCUT2D eigenvalue weighted by Gasteiger charge is 2.27. The number of nitrogens with two attached hydrogens (primary N) is 1. The van der Waals surface area contributed by atoms with Gasteiger partial charge >= 0.3 is 5.97 Å². The van der Waals surface area contributed by atoms with Gasteiger partial charge in [-0.1, -0.05) is 30.7 Å². The SMILES string of the molecule is Nc1c(C(=O)OC2CCCCC2)c2nc3ccccc3nc2n1Cc1ccc(F)cc1. The average Bonchev–Trinajstić information content (AvgIpc) is 3.05. The maximum Gasteiger partial charge on any atom is 0.344 e. The molecule has 31 heavy (non-hydrogen) atoms. The lowest BCUT2D eigenvalue weighted by molar-refractivity contribution is 0.0214. The van der Waals surface area contributed by atoms with Crippen LogP contribution in [0.25, 0.3) is 22.2 Å². The molecule has 1 aliphatic carbocycles. The van der Waals surface area contributed by atoms with Gasteiger partial charge in [0, 0.05) is 0 Å². The van der Waals surface area contributed by atoms with E-state index in [2.05, 4.69) is 0 Å². The monoisotopic (exact) mass is 418 g/mol. The van der Waals surface area contributed by atoms with Gasteiger partial charge in [-0.2, -0.15) is 0 Å². The van der Waals surface area contributed by atoms with Crippen molar-refractivity contribution in [2.45, 2.75) is 44.8 Å². The van der Waals surface area contributed by atoms with Crippen LogP contribution in [-0.4, -0.2) is 26.6 Å². The lowest BCUT2D eigenvalue weighted by atomic mass is 9.98. The number of nitrogen functional groups attached to an aromatic ring is 1. The second kappa shape index (κ2) is 7.98. The number of hydrogen-bond acceptors (Lipinski definition) is 5. The lowest BCUT2D eigenvalue weighted by Crippen LogP contribution is -2.21. The molecule has 2 N–H and O–H groups in total. The minimum atomic E-state index is -0.461. The number of carbonyl (C=O) groups excluding carboxylic acids is 1. The summed E-state index contributed by atoms with van der Waals surface area (Å²) in [5, 5.41) is 0. The molecule has 0 bridgehead atoms. The number of carbonyl (C=O) groups is 1. The fourth-order valence-electron chi connectivity index (χ4n) is 4.24. The molecule has 1 saturated carbocycles. The number of fused-ring (bicyclic) bond motifs is 2. The van der Waals surface area contributed by atoms with Gasteiger partial charge in [0.1, 0.15) is 28.8 Å². The summed E-state index contributed by atoms with van der Waals surface area (Å²) in [4.78, 5) is 22.6. The van der Waals surface area contributed by atoms with Crippen LogP contribution in [0, 0.1) is 5.82 Å². The van der Waals surface area contributed by atoms with Crippen molar-refractivity contribution in [1.29, 1.82) is 0 Å². The Hall–Kier alpha value is -3.48. The Morgan fingerprint density at radius 3 is 2.42 bits per heavy atom. The van der Waals surface area contributed by atoms with Gasteiger partial charge in [0.25, 0.3) is 0 Å². The van der Waals surface area contributed by atoms with Crippen LogP contribution >= 0.6 is 0 Å². The van der Waals surface area contributed by atoms with Gasteiger partial charge in [0.2, 0.25) is 0 Å². The molecule has 7 heteroatoms. The molecule has 158 valence electrons. The summed E-state index contributed by atoms with van der Waals surface area (Å²) in [5.41, 5.74) is 9.89. The van der Waals surface area contributed by atoms with Gasteiger partial charge in [-0.15, -0.1) is 0 Å². The molecule has 0 saturated heterocycles. The number of para-hydroxylation sites is 2. The van der Waals surface area contributed by atoms with Crippen molar-refractivity contribution >= 4 is 34.0 Å². The Bertz CT molecular complexity index is 1260. The highest BCUT2D eigenvalue weighted by atomic mass is 19.1. The van der Waals surface area contributed by atoms with E-state index in [9.17, 15) is 9.18 Å². The van der Waals surface area contributed by atoms with Crippen molar-refractivity contribution in [3.8, 4) is 0 Å². The highest BCUT2D eigenvalue weighted by Crippen LogP contribution is 2.31. The van der Waals surface area contributed by atoms with Crippen molar-refractivity contribution < 1.29 is 13.9 Å². The van der Waals surface area contributed by atoms with Crippen molar-refractivity contribution in [2.75, 3.05) is 5.73 Å². The molecule has 1 aliphatic rings. The molecule has 0 atom stereocenters. The zero-order valence-corrected chi connectivity index (χ0v) is 17.1. The fourth-order valence-corrected chi connectivity index (χ4v) is 4.24. The van der Waals surface area contributed by atoms with Crippen LogP contribution in [-0.2, 0) is 11.3 Å². The molecule has 5 rings (SSSR count). The summed E-state index contributed by atoms with van der Waals surface area (Å²) >= 11 is 0. The normalized spacial score (nSPS) is 14.9. The molecule has 4 aromatic rings. The van der Waals surface area contributed by atoms with E-state index in [1.807, 2.05) is 24.3 Å². The third-order valence-corrected chi connectivity index (χ3v) is 5.88. The van der Waals surface area contributed by atoms with E-state index in [1.54, 1.807) is 16.7 Å². The predicted molar refractivity (Wildman–Crippen MR) is 117 cm³/mol. The zero-order chi connectivity index (χ0) is 21.4. The first kappa shape index (κ1) is 19.5. The summed E-state index contributed by atoms with van der Waals surface area (Å²) in [6.07, 6.45) is 4.94. The first-order valence-electron chi connectivity index (χ1n) is 10.6. The summed E-state index contributed by atoms with van der Waals surface area (Å²) < 4.78 is 20.9. The van der Waals surface area contributed by atoms with Gasteiger partial charge in [0.05, 0.1) is 17.6 Å². The van der Waals surface area contributed by atoms with Crippen LogP contribution in [0.1, 0.15) is 48.0 Å². The Balaban J connectivity index is 1.62. The molecule has 6 nitrogen and oxygen atoms in total. The van der Waals surface area contributed by atoms with E-state index in [1.165, 1.54) is 18.6 Å². The van der Waals surface area contributed by atoms with Gasteiger partial charge < -0.3 is 15.0 Å². The lowest BCUT2D eigenvalue weighted by Gasteiger charge is -2.21. The van der Waals surface area contributed by atoms with Crippen LogP contribution in [0.4, 0.5) is 10.2 Å².